The first-order valence-corrected chi connectivity index (χ1v) is 9.06. The predicted octanol–water partition coefficient (Wildman–Crippen LogP) is 4.45. The first-order chi connectivity index (χ1) is 12.2. The number of benzene rings is 1. The van der Waals surface area contributed by atoms with Crippen LogP contribution >= 0.6 is 0 Å². The highest BCUT2D eigenvalue weighted by Gasteiger charge is 2.30. The predicted molar refractivity (Wildman–Crippen MR) is 96.7 cm³/mol. The van der Waals surface area contributed by atoms with Crippen LogP contribution in [-0.4, -0.2) is 32.9 Å². The minimum absolute atomic E-state index is 0.0840. The number of nitrogens with zero attached hydrogens (tertiary/aromatic N) is 3. The maximum atomic E-state index is 13.2. The summed E-state index contributed by atoms with van der Waals surface area (Å²) in [6.07, 6.45) is 8.83. The Hall–Kier alpha value is -2.43. The Morgan fingerprint density at radius 2 is 1.96 bits per heavy atom. The number of hydrogen-bond acceptors (Lipinski definition) is 4. The van der Waals surface area contributed by atoms with E-state index < -0.39 is 0 Å². The van der Waals surface area contributed by atoms with E-state index in [0.29, 0.717) is 17.4 Å². The van der Waals surface area contributed by atoms with Crippen molar-refractivity contribution >= 4 is 5.91 Å². The molecule has 0 unspecified atom stereocenters. The van der Waals surface area contributed by atoms with E-state index in [1.165, 1.54) is 12.8 Å². The minimum atomic E-state index is 0.0840. The van der Waals surface area contributed by atoms with E-state index >= 15 is 0 Å². The lowest BCUT2D eigenvalue weighted by molar-refractivity contribution is 0.0589. The van der Waals surface area contributed by atoms with Crippen molar-refractivity contribution in [1.82, 2.24) is 14.9 Å². The van der Waals surface area contributed by atoms with Crippen molar-refractivity contribution in [3.05, 3.63) is 48.3 Å². The van der Waals surface area contributed by atoms with E-state index in [9.17, 15) is 4.79 Å². The lowest BCUT2D eigenvalue weighted by Gasteiger charge is -2.34. The molecule has 2 aromatic rings. The fraction of sp³-hybridized carbons (Fsp3) is 0.450. The summed E-state index contributed by atoms with van der Waals surface area (Å²) in [6, 6.07) is 9.89. The first-order valence-electron chi connectivity index (χ1n) is 9.06. The third-order valence-electron chi connectivity index (χ3n) is 4.85. The number of amides is 1. The zero-order chi connectivity index (χ0) is 17.6. The molecule has 1 atom stereocenters. The van der Waals surface area contributed by atoms with E-state index in [2.05, 4.69) is 28.7 Å². The van der Waals surface area contributed by atoms with E-state index in [0.717, 1.165) is 19.3 Å². The molecule has 1 heterocycles. The van der Waals surface area contributed by atoms with Gasteiger partial charge in [0.25, 0.3) is 5.91 Å². The summed E-state index contributed by atoms with van der Waals surface area (Å²) < 4.78 is 5.67. The molecule has 5 heteroatoms. The lowest BCUT2D eigenvalue weighted by atomic mass is 10.1. The van der Waals surface area contributed by atoms with E-state index in [4.69, 9.17) is 4.74 Å². The van der Waals surface area contributed by atoms with E-state index in [1.54, 1.807) is 24.5 Å². The van der Waals surface area contributed by atoms with Gasteiger partial charge in [-0.1, -0.05) is 25.8 Å². The van der Waals surface area contributed by atoms with Gasteiger partial charge in [0.1, 0.15) is 5.75 Å². The van der Waals surface area contributed by atoms with E-state index in [1.807, 2.05) is 18.2 Å². The Bertz CT molecular complexity index is 699. The fourth-order valence-corrected chi connectivity index (χ4v) is 3.39. The molecule has 0 bridgehead atoms. The van der Waals surface area contributed by atoms with Gasteiger partial charge in [-0.05, 0) is 50.5 Å². The van der Waals surface area contributed by atoms with E-state index in [-0.39, 0.29) is 18.0 Å². The summed E-state index contributed by atoms with van der Waals surface area (Å²) in [7, 11) is 0. The molecule has 1 fully saturated rings. The Morgan fingerprint density at radius 1 is 1.24 bits per heavy atom. The van der Waals surface area contributed by atoms with Gasteiger partial charge in [0.2, 0.25) is 0 Å². The second-order valence-corrected chi connectivity index (χ2v) is 6.57. The summed E-state index contributed by atoms with van der Waals surface area (Å²) in [4.78, 5) is 23.4. The van der Waals surface area contributed by atoms with Crippen molar-refractivity contribution in [2.24, 2.45) is 0 Å². The summed E-state index contributed by atoms with van der Waals surface area (Å²) in [5, 5.41) is 0. The number of carbonyl (C=O) groups excluding carboxylic acids is 1. The molecular formula is C20H25N3O2. The number of ether oxygens (including phenoxy) is 1. The Balaban J connectivity index is 1.81. The van der Waals surface area contributed by atoms with Gasteiger partial charge in [0.15, 0.2) is 0 Å². The van der Waals surface area contributed by atoms with Gasteiger partial charge in [-0.25, -0.2) is 9.97 Å². The SMILES string of the molecule is CC[C@H](C)N(C(=O)c1cccc(Oc2ncccn2)c1)C1CCCC1. The highest BCUT2D eigenvalue weighted by atomic mass is 16.5. The van der Waals surface area contributed by atoms with Gasteiger partial charge in [-0.2, -0.15) is 0 Å². The van der Waals surface area contributed by atoms with Gasteiger partial charge >= 0.3 is 6.01 Å². The molecule has 3 rings (SSSR count). The second-order valence-electron chi connectivity index (χ2n) is 6.57. The lowest BCUT2D eigenvalue weighted by Crippen LogP contribution is -2.44. The van der Waals surface area contributed by atoms with Crippen LogP contribution in [0.3, 0.4) is 0 Å². The largest absolute Gasteiger partial charge is 0.424 e. The van der Waals surface area contributed by atoms with Crippen molar-refractivity contribution in [1.29, 1.82) is 0 Å². The topological polar surface area (TPSA) is 55.3 Å². The molecule has 1 saturated carbocycles. The minimum Gasteiger partial charge on any atom is -0.424 e. The zero-order valence-corrected chi connectivity index (χ0v) is 14.9. The van der Waals surface area contributed by atoms with Crippen LogP contribution in [0.1, 0.15) is 56.3 Å². The average molecular weight is 339 g/mol. The molecule has 1 aliphatic rings. The monoisotopic (exact) mass is 339 g/mol. The van der Waals surface area contributed by atoms with Gasteiger partial charge in [-0.3, -0.25) is 4.79 Å². The van der Waals surface area contributed by atoms with Crippen LogP contribution in [-0.2, 0) is 0 Å². The van der Waals surface area contributed by atoms with Crippen molar-refractivity contribution in [3.8, 4) is 11.8 Å². The average Bonchev–Trinajstić information content (AvgIpc) is 3.17. The fourth-order valence-electron chi connectivity index (χ4n) is 3.39. The number of hydrogen-bond donors (Lipinski definition) is 0. The Labute approximate surface area is 149 Å². The van der Waals surface area contributed by atoms with Crippen LogP contribution in [0.15, 0.2) is 42.7 Å². The molecule has 1 aliphatic carbocycles. The summed E-state index contributed by atoms with van der Waals surface area (Å²) in [5.74, 6) is 0.660. The van der Waals surface area contributed by atoms with Crippen LogP contribution in [0, 0.1) is 0 Å². The molecule has 0 radical (unpaired) electrons. The van der Waals surface area contributed by atoms with Crippen molar-refractivity contribution < 1.29 is 9.53 Å². The summed E-state index contributed by atoms with van der Waals surface area (Å²) in [5.41, 5.74) is 0.653. The highest BCUT2D eigenvalue weighted by Crippen LogP contribution is 2.28. The Morgan fingerprint density at radius 3 is 2.64 bits per heavy atom. The molecule has 25 heavy (non-hydrogen) atoms. The van der Waals surface area contributed by atoms with Gasteiger partial charge in [-0.15, -0.1) is 0 Å². The number of carbonyl (C=O) groups is 1. The van der Waals surface area contributed by atoms with Crippen LogP contribution in [0.25, 0.3) is 0 Å². The first kappa shape index (κ1) is 17.4. The standard InChI is InChI=1S/C20H25N3O2/c1-3-15(2)23(17-9-4-5-10-17)19(24)16-8-6-11-18(14-16)25-20-21-12-7-13-22-20/h6-8,11-15,17H,3-5,9-10H2,1-2H3/t15-/m0/s1. The maximum absolute atomic E-state index is 13.2. The van der Waals surface area contributed by atoms with Crippen LogP contribution in [0.5, 0.6) is 11.8 Å². The highest BCUT2D eigenvalue weighted by molar-refractivity contribution is 5.95. The van der Waals surface area contributed by atoms with Gasteiger partial charge in [0.05, 0.1) is 0 Å². The Kier molecular flexibility index (Phi) is 5.64. The molecule has 5 nitrogen and oxygen atoms in total. The smallest absolute Gasteiger partial charge is 0.321 e. The van der Waals surface area contributed by atoms with Crippen LogP contribution in [0.2, 0.25) is 0 Å². The third kappa shape index (κ3) is 4.16. The molecule has 132 valence electrons. The number of rotatable bonds is 6. The van der Waals surface area contributed by atoms with Crippen LogP contribution in [0.4, 0.5) is 0 Å². The van der Waals surface area contributed by atoms with Crippen molar-refractivity contribution in [3.63, 3.8) is 0 Å². The maximum Gasteiger partial charge on any atom is 0.321 e. The molecule has 1 aromatic carbocycles. The quantitative estimate of drug-likeness (QED) is 0.780. The second kappa shape index (κ2) is 8.10. The summed E-state index contributed by atoms with van der Waals surface area (Å²) in [6.45, 7) is 4.26. The molecule has 1 aromatic heterocycles. The normalized spacial score (nSPS) is 15.8. The van der Waals surface area contributed by atoms with Gasteiger partial charge < -0.3 is 9.64 Å². The molecule has 0 spiro atoms. The van der Waals surface area contributed by atoms with Crippen molar-refractivity contribution in [2.45, 2.75) is 58.0 Å². The summed E-state index contributed by atoms with van der Waals surface area (Å²) >= 11 is 0. The molecular weight excluding hydrogens is 314 g/mol. The molecule has 1 amide bonds. The van der Waals surface area contributed by atoms with Crippen LogP contribution < -0.4 is 4.74 Å². The third-order valence-corrected chi connectivity index (χ3v) is 4.85. The van der Waals surface area contributed by atoms with Crippen molar-refractivity contribution in [2.75, 3.05) is 0 Å². The zero-order valence-electron chi connectivity index (χ0n) is 14.9. The van der Waals surface area contributed by atoms with Gasteiger partial charge in [0, 0.05) is 30.0 Å². The number of aromatic nitrogens is 2. The molecule has 0 saturated heterocycles. The molecule has 0 N–H and O–H groups in total. The molecule has 0 aliphatic heterocycles.